The molecule has 0 saturated heterocycles. The first-order valence-corrected chi connectivity index (χ1v) is 6.54. The molecule has 1 aromatic rings. The largest absolute Gasteiger partial charge is 0.383 e. The lowest BCUT2D eigenvalue weighted by Gasteiger charge is -2.19. The molecule has 5 heteroatoms. The maximum absolute atomic E-state index is 11.8. The Bertz CT molecular complexity index is 641. The monoisotopic (exact) mass is 259 g/mol. The van der Waals surface area contributed by atoms with E-state index in [-0.39, 0.29) is 11.7 Å². The van der Waals surface area contributed by atoms with Gasteiger partial charge in [-0.25, -0.2) is 9.78 Å². The van der Waals surface area contributed by atoms with Gasteiger partial charge in [0.15, 0.2) is 0 Å². The van der Waals surface area contributed by atoms with Gasteiger partial charge >= 0.3 is 5.69 Å². The van der Waals surface area contributed by atoms with E-state index in [0.717, 1.165) is 28.9 Å². The highest BCUT2D eigenvalue weighted by Gasteiger charge is 2.28. The fourth-order valence-corrected chi connectivity index (χ4v) is 2.73. The van der Waals surface area contributed by atoms with Gasteiger partial charge in [0.2, 0.25) is 0 Å². The van der Waals surface area contributed by atoms with E-state index in [2.05, 4.69) is 10.3 Å². The molecule has 0 amide bonds. The summed E-state index contributed by atoms with van der Waals surface area (Å²) < 4.78 is 1.69. The van der Waals surface area contributed by atoms with Crippen LogP contribution in [0.2, 0.25) is 0 Å². The minimum Gasteiger partial charge on any atom is -0.383 e. The number of hydrogen-bond acceptors (Lipinski definition) is 4. The SMILES string of the molecule is CC(C)NC1=C2CCn3c2c(cnc3=O)C=CC1O. The van der Waals surface area contributed by atoms with Gasteiger partial charge in [-0.15, -0.1) is 0 Å². The summed E-state index contributed by atoms with van der Waals surface area (Å²) >= 11 is 0. The number of rotatable bonds is 2. The lowest BCUT2D eigenvalue weighted by atomic mass is 10.0. The summed E-state index contributed by atoms with van der Waals surface area (Å²) in [7, 11) is 0. The molecule has 1 aliphatic heterocycles. The Morgan fingerprint density at radius 3 is 3.05 bits per heavy atom. The summed E-state index contributed by atoms with van der Waals surface area (Å²) in [5, 5.41) is 13.6. The van der Waals surface area contributed by atoms with E-state index in [1.807, 2.05) is 19.9 Å². The summed E-state index contributed by atoms with van der Waals surface area (Å²) in [5.41, 5.74) is 3.41. The van der Waals surface area contributed by atoms with Crippen molar-refractivity contribution in [1.82, 2.24) is 14.9 Å². The topological polar surface area (TPSA) is 67.2 Å². The number of aliphatic hydroxyl groups is 1. The van der Waals surface area contributed by atoms with Gasteiger partial charge in [-0.3, -0.25) is 4.57 Å². The highest BCUT2D eigenvalue weighted by atomic mass is 16.3. The molecule has 2 aliphatic rings. The standard InChI is InChI=1S/C14H17N3O2/c1-8(2)16-12-10-5-6-17-13(10)9(3-4-11(12)18)7-15-14(17)19/h3-4,7-8,11,16,18H,5-6H2,1-2H3. The van der Waals surface area contributed by atoms with Crippen LogP contribution in [0.1, 0.15) is 31.5 Å². The fraction of sp³-hybridized carbons (Fsp3) is 0.429. The average molecular weight is 259 g/mol. The molecule has 1 atom stereocenters. The lowest BCUT2D eigenvalue weighted by molar-refractivity contribution is 0.249. The molecule has 19 heavy (non-hydrogen) atoms. The van der Waals surface area contributed by atoms with E-state index in [4.69, 9.17) is 0 Å². The summed E-state index contributed by atoms with van der Waals surface area (Å²) in [5.74, 6) is 0. The number of nitrogens with zero attached hydrogens (tertiary/aromatic N) is 2. The third kappa shape index (κ3) is 1.90. The molecule has 0 aromatic carbocycles. The first-order valence-electron chi connectivity index (χ1n) is 6.54. The van der Waals surface area contributed by atoms with E-state index >= 15 is 0 Å². The Morgan fingerprint density at radius 2 is 2.32 bits per heavy atom. The van der Waals surface area contributed by atoms with Gasteiger partial charge in [-0.2, -0.15) is 0 Å². The molecule has 2 N–H and O–H groups in total. The zero-order valence-electron chi connectivity index (χ0n) is 11.1. The van der Waals surface area contributed by atoms with Gasteiger partial charge in [0.05, 0.1) is 5.69 Å². The fourth-order valence-electron chi connectivity index (χ4n) is 2.73. The number of aliphatic hydroxyl groups excluding tert-OH is 1. The van der Waals surface area contributed by atoms with Crippen molar-refractivity contribution in [2.75, 3.05) is 0 Å². The quantitative estimate of drug-likeness (QED) is 0.822. The second kappa shape index (κ2) is 4.35. The third-order valence-electron chi connectivity index (χ3n) is 3.48. The molecular formula is C14H17N3O2. The first kappa shape index (κ1) is 12.2. The van der Waals surface area contributed by atoms with E-state index in [1.165, 1.54) is 0 Å². The molecule has 2 heterocycles. The van der Waals surface area contributed by atoms with Gasteiger partial charge in [-0.1, -0.05) is 6.08 Å². The molecule has 3 rings (SSSR count). The van der Waals surface area contributed by atoms with E-state index in [9.17, 15) is 9.90 Å². The molecule has 1 aromatic heterocycles. The van der Waals surface area contributed by atoms with Crippen molar-refractivity contribution in [2.24, 2.45) is 0 Å². The van der Waals surface area contributed by atoms with E-state index < -0.39 is 6.10 Å². The van der Waals surface area contributed by atoms with Crippen LogP contribution in [0.25, 0.3) is 11.6 Å². The Labute approximate surface area is 111 Å². The predicted octanol–water partition coefficient (Wildman–Crippen LogP) is 0.744. The Morgan fingerprint density at radius 1 is 1.53 bits per heavy atom. The smallest absolute Gasteiger partial charge is 0.348 e. The van der Waals surface area contributed by atoms with E-state index in [0.29, 0.717) is 6.54 Å². The summed E-state index contributed by atoms with van der Waals surface area (Å²) in [4.78, 5) is 15.7. The zero-order valence-corrected chi connectivity index (χ0v) is 11.1. The summed E-state index contributed by atoms with van der Waals surface area (Å²) in [6.45, 7) is 4.70. The predicted molar refractivity (Wildman–Crippen MR) is 73.3 cm³/mol. The number of nitrogens with one attached hydrogen (secondary N) is 1. The second-order valence-corrected chi connectivity index (χ2v) is 5.24. The molecular weight excluding hydrogens is 242 g/mol. The van der Waals surface area contributed by atoms with Crippen LogP contribution >= 0.6 is 0 Å². The van der Waals surface area contributed by atoms with Crippen LogP contribution in [-0.4, -0.2) is 26.8 Å². The zero-order chi connectivity index (χ0) is 13.6. The number of allylic oxidation sites excluding steroid dienone is 1. The summed E-state index contributed by atoms with van der Waals surface area (Å²) in [6, 6.07) is 0.231. The van der Waals surface area contributed by atoms with Crippen LogP contribution in [-0.2, 0) is 6.54 Å². The molecule has 0 spiro atoms. The maximum Gasteiger partial charge on any atom is 0.348 e. The van der Waals surface area contributed by atoms with Gasteiger partial charge in [0, 0.05) is 35.6 Å². The van der Waals surface area contributed by atoms with Crippen molar-refractivity contribution in [3.05, 3.63) is 39.7 Å². The molecule has 5 nitrogen and oxygen atoms in total. The third-order valence-corrected chi connectivity index (χ3v) is 3.48. The minimum atomic E-state index is -0.661. The molecule has 1 aliphatic carbocycles. The highest BCUT2D eigenvalue weighted by molar-refractivity contribution is 5.78. The Balaban J connectivity index is 2.26. The molecule has 1 unspecified atom stereocenters. The molecule has 0 fully saturated rings. The van der Waals surface area contributed by atoms with Crippen LogP contribution in [0.5, 0.6) is 0 Å². The average Bonchev–Trinajstić information content (AvgIpc) is 2.75. The maximum atomic E-state index is 11.8. The van der Waals surface area contributed by atoms with Crippen molar-refractivity contribution in [3.63, 3.8) is 0 Å². The van der Waals surface area contributed by atoms with Crippen LogP contribution in [0.15, 0.2) is 22.8 Å². The van der Waals surface area contributed by atoms with Crippen LogP contribution in [0.3, 0.4) is 0 Å². The van der Waals surface area contributed by atoms with Crippen molar-refractivity contribution in [2.45, 2.75) is 39.0 Å². The molecule has 0 bridgehead atoms. The van der Waals surface area contributed by atoms with Crippen LogP contribution in [0.4, 0.5) is 0 Å². The molecule has 0 radical (unpaired) electrons. The van der Waals surface area contributed by atoms with Crippen LogP contribution < -0.4 is 11.0 Å². The van der Waals surface area contributed by atoms with E-state index in [1.54, 1.807) is 16.8 Å². The normalized spacial score (nSPS) is 20.7. The van der Waals surface area contributed by atoms with Crippen molar-refractivity contribution in [1.29, 1.82) is 0 Å². The molecule has 100 valence electrons. The Kier molecular flexibility index (Phi) is 2.78. The van der Waals surface area contributed by atoms with Gasteiger partial charge in [-0.05, 0) is 26.3 Å². The van der Waals surface area contributed by atoms with Gasteiger partial charge in [0.25, 0.3) is 0 Å². The van der Waals surface area contributed by atoms with Gasteiger partial charge < -0.3 is 10.4 Å². The summed E-state index contributed by atoms with van der Waals surface area (Å²) in [6.07, 6.45) is 5.25. The first-order chi connectivity index (χ1) is 9.08. The molecule has 0 saturated carbocycles. The van der Waals surface area contributed by atoms with Crippen molar-refractivity contribution >= 4 is 11.6 Å². The van der Waals surface area contributed by atoms with Gasteiger partial charge in [0.1, 0.15) is 6.10 Å². The number of hydrogen-bond donors (Lipinski definition) is 2. The lowest BCUT2D eigenvalue weighted by Crippen LogP contribution is -2.29. The Hall–Kier alpha value is -1.88. The second-order valence-electron chi connectivity index (χ2n) is 5.24. The van der Waals surface area contributed by atoms with Crippen molar-refractivity contribution in [3.8, 4) is 0 Å². The van der Waals surface area contributed by atoms with Crippen molar-refractivity contribution < 1.29 is 5.11 Å². The number of aromatic nitrogens is 2. The van der Waals surface area contributed by atoms with Crippen LogP contribution in [0, 0.1) is 0 Å². The minimum absolute atomic E-state index is 0.220. The highest BCUT2D eigenvalue weighted by Crippen LogP contribution is 2.34.